The molecule has 0 fully saturated rings. The van der Waals surface area contributed by atoms with E-state index in [1.54, 1.807) is 0 Å². The summed E-state index contributed by atoms with van der Waals surface area (Å²) in [5.41, 5.74) is 8.02. The van der Waals surface area contributed by atoms with Gasteiger partial charge in [-0.3, -0.25) is 0 Å². The second-order valence-corrected chi connectivity index (χ2v) is 12.7. The predicted octanol–water partition coefficient (Wildman–Crippen LogP) is 10.1. The van der Waals surface area contributed by atoms with Crippen LogP contribution >= 0.6 is 7.81 Å². The maximum absolute atomic E-state index is 10.7. The number of nitrogens with zero attached hydrogens (tertiary/aromatic N) is 2. The quantitative estimate of drug-likeness (QED) is 0.174. The molecule has 2 heterocycles. The van der Waals surface area contributed by atoms with Crippen molar-refractivity contribution in [2.75, 3.05) is 19.0 Å². The van der Waals surface area contributed by atoms with Crippen LogP contribution in [0.3, 0.4) is 0 Å². The van der Waals surface area contributed by atoms with E-state index in [0.29, 0.717) is 0 Å². The Morgan fingerprint density at radius 1 is 0.789 bits per heavy atom. The molecule has 3 aromatic rings. The second kappa shape index (κ2) is 8.19. The first-order valence-electron chi connectivity index (χ1n) is 12.1. The van der Waals surface area contributed by atoms with E-state index in [0.717, 1.165) is 0 Å². The van der Waals surface area contributed by atoms with E-state index >= 15 is 0 Å². The summed E-state index contributed by atoms with van der Waals surface area (Å²) in [6, 6.07) is 22.0. The number of para-hydroxylation sites is 1. The molecule has 38 heavy (non-hydrogen) atoms. The van der Waals surface area contributed by atoms with Gasteiger partial charge < -0.3 is 4.90 Å². The Hall–Kier alpha value is -3.12. The van der Waals surface area contributed by atoms with E-state index in [4.69, 9.17) is 0 Å². The van der Waals surface area contributed by atoms with Crippen molar-refractivity contribution < 1.29 is 29.8 Å². The van der Waals surface area contributed by atoms with E-state index in [-0.39, 0.29) is 10.8 Å². The van der Waals surface area contributed by atoms with E-state index in [1.807, 2.05) is 0 Å². The fraction of sp³-hybridized carbons (Fsp3) is 0.276. The second-order valence-electron chi connectivity index (χ2n) is 10.8. The van der Waals surface area contributed by atoms with E-state index in [1.165, 1.54) is 44.7 Å². The molecular formula is C29H31F6N2P. The van der Waals surface area contributed by atoms with Crippen molar-refractivity contribution in [1.82, 2.24) is 0 Å². The van der Waals surface area contributed by atoms with Crippen LogP contribution in [-0.4, -0.2) is 24.4 Å². The van der Waals surface area contributed by atoms with Crippen molar-refractivity contribution in [3.8, 4) is 0 Å². The third-order valence-corrected chi connectivity index (χ3v) is 7.34. The Morgan fingerprint density at radius 2 is 1.37 bits per heavy atom. The third-order valence-electron chi connectivity index (χ3n) is 7.34. The number of benzene rings is 3. The van der Waals surface area contributed by atoms with Gasteiger partial charge in [-0.2, -0.15) is 4.58 Å². The van der Waals surface area contributed by atoms with Gasteiger partial charge in [-0.25, -0.2) is 0 Å². The molecule has 2 nitrogen and oxygen atoms in total. The average molecular weight is 553 g/mol. The van der Waals surface area contributed by atoms with Crippen molar-refractivity contribution >= 4 is 35.7 Å². The molecule has 0 saturated heterocycles. The van der Waals surface area contributed by atoms with Gasteiger partial charge in [-0.1, -0.05) is 62.4 Å². The standard InChI is InChI=1S/C29H31N2.F6P/c1-28(2)22-14-9-10-15-23(22)30(5)25(28)16-11-17-26-29(3,4)27-21-13-8-7-12-20(21)18-19-24(27)31(26)6;1-7(2,3,4,5)6/h7-19H,1-6H3;/q+1;-1. The number of fused-ring (bicyclic) bond motifs is 4. The van der Waals surface area contributed by atoms with Gasteiger partial charge in [-0.15, -0.1) is 0 Å². The first-order valence-corrected chi connectivity index (χ1v) is 14.1. The number of rotatable bonds is 2. The Kier molecular flexibility index (Phi) is 6.01. The molecule has 3 aromatic carbocycles. The molecule has 0 amide bonds. The van der Waals surface area contributed by atoms with Gasteiger partial charge in [0, 0.05) is 41.6 Å². The maximum atomic E-state index is 9.87. The topological polar surface area (TPSA) is 6.25 Å². The van der Waals surface area contributed by atoms with Crippen LogP contribution in [0.4, 0.5) is 36.6 Å². The average Bonchev–Trinajstić information content (AvgIpc) is 3.11. The molecule has 0 radical (unpaired) electrons. The number of halogens is 6. The summed E-state index contributed by atoms with van der Waals surface area (Å²) < 4.78 is 61.6. The van der Waals surface area contributed by atoms with E-state index < -0.39 is 7.81 Å². The molecule has 0 N–H and O–H groups in total. The number of hydrogen-bond acceptors (Lipinski definition) is 1. The zero-order chi connectivity index (χ0) is 28.4. The molecule has 2 aliphatic heterocycles. The number of likely N-dealkylation sites (N-methyl/N-ethyl adjacent to an activating group) is 1. The SMILES string of the molecule is CN1C(=CC=CC2=[N+](C)c3ccc4ccccc4c3C2(C)C)C(C)(C)c2ccccc21.F[P-](F)(F)(F)(F)F. The van der Waals surface area contributed by atoms with Gasteiger partial charge in [0.2, 0.25) is 5.69 Å². The van der Waals surface area contributed by atoms with Crippen LogP contribution in [0.2, 0.25) is 0 Å². The zero-order valence-electron chi connectivity index (χ0n) is 22.1. The van der Waals surface area contributed by atoms with Gasteiger partial charge in [-0.05, 0) is 48.4 Å². The first kappa shape index (κ1) is 27.9. The number of anilines is 1. The van der Waals surface area contributed by atoms with E-state index in [2.05, 4.69) is 130 Å². The summed E-state index contributed by atoms with van der Waals surface area (Å²) in [4.78, 5) is 2.33. The molecule has 0 spiro atoms. The van der Waals surface area contributed by atoms with Crippen molar-refractivity contribution in [3.63, 3.8) is 0 Å². The van der Waals surface area contributed by atoms with Gasteiger partial charge in [0.1, 0.15) is 7.05 Å². The minimum atomic E-state index is -10.7. The molecular weight excluding hydrogens is 521 g/mol. The van der Waals surface area contributed by atoms with Gasteiger partial charge >= 0.3 is 33.0 Å². The first-order chi connectivity index (χ1) is 17.2. The van der Waals surface area contributed by atoms with Crippen LogP contribution in [0, 0.1) is 0 Å². The van der Waals surface area contributed by atoms with Crippen LogP contribution in [0.15, 0.2) is 84.6 Å². The molecule has 5 rings (SSSR count). The molecule has 9 heteroatoms. The zero-order valence-corrected chi connectivity index (χ0v) is 23.0. The Labute approximate surface area is 218 Å². The predicted molar refractivity (Wildman–Crippen MR) is 146 cm³/mol. The summed E-state index contributed by atoms with van der Waals surface area (Å²) in [5, 5.41) is 2.66. The molecule has 0 bridgehead atoms. The molecule has 0 aliphatic carbocycles. The molecule has 0 atom stereocenters. The molecule has 0 saturated carbocycles. The van der Waals surface area contributed by atoms with Crippen LogP contribution in [-0.2, 0) is 10.8 Å². The summed E-state index contributed by atoms with van der Waals surface area (Å²) in [6.45, 7) is 9.32. The fourth-order valence-electron chi connectivity index (χ4n) is 5.73. The Morgan fingerprint density at radius 3 is 2.00 bits per heavy atom. The van der Waals surface area contributed by atoms with Crippen LogP contribution in [0.25, 0.3) is 10.8 Å². The normalized spacial score (nSPS) is 20.7. The fourth-order valence-corrected chi connectivity index (χ4v) is 5.73. The molecule has 0 aromatic heterocycles. The Bertz CT molecular complexity index is 1520. The number of hydrogen-bond donors (Lipinski definition) is 0. The van der Waals surface area contributed by atoms with Crippen molar-refractivity contribution in [2.24, 2.45) is 0 Å². The van der Waals surface area contributed by atoms with Crippen molar-refractivity contribution in [3.05, 3.63) is 95.7 Å². The monoisotopic (exact) mass is 552 g/mol. The molecule has 0 unspecified atom stereocenters. The molecule has 2 aliphatic rings. The van der Waals surface area contributed by atoms with Gasteiger partial charge in [0.15, 0.2) is 5.71 Å². The molecule has 204 valence electrons. The third kappa shape index (κ3) is 5.51. The summed E-state index contributed by atoms with van der Waals surface area (Å²) in [7, 11) is -6.29. The van der Waals surface area contributed by atoms with Crippen LogP contribution < -0.4 is 4.90 Å². The van der Waals surface area contributed by atoms with Crippen LogP contribution in [0.1, 0.15) is 38.8 Å². The van der Waals surface area contributed by atoms with Gasteiger partial charge in [0.25, 0.3) is 0 Å². The van der Waals surface area contributed by atoms with Crippen LogP contribution in [0.5, 0.6) is 0 Å². The Balaban J connectivity index is 0.000000426. The van der Waals surface area contributed by atoms with E-state index in [9.17, 15) is 25.2 Å². The number of allylic oxidation sites excluding steroid dienone is 4. The minimum absolute atomic E-state index is 0.00336. The summed E-state index contributed by atoms with van der Waals surface area (Å²) >= 11 is 0. The van der Waals surface area contributed by atoms with Crippen molar-refractivity contribution in [1.29, 1.82) is 0 Å². The van der Waals surface area contributed by atoms with Gasteiger partial charge in [0.05, 0.1) is 5.41 Å². The summed E-state index contributed by atoms with van der Waals surface area (Å²) in [5.74, 6) is 0. The van der Waals surface area contributed by atoms with Crippen molar-refractivity contribution in [2.45, 2.75) is 38.5 Å². The summed E-state index contributed by atoms with van der Waals surface area (Å²) in [6.07, 6.45) is 6.83.